The van der Waals surface area contributed by atoms with Crippen molar-refractivity contribution in [2.75, 3.05) is 11.9 Å². The molecular weight excluding hydrogens is 279 g/mol. The molecule has 0 spiro atoms. The van der Waals surface area contributed by atoms with E-state index in [-0.39, 0.29) is 24.3 Å². The maximum Gasteiger partial charge on any atom is 0.409 e. The molecular formula is C14H19FN2O4. The van der Waals surface area contributed by atoms with Crippen LogP contribution in [-0.2, 0) is 16.1 Å². The fraction of sp³-hybridized carbons (Fsp3) is 0.429. The minimum atomic E-state index is -1.23. The first-order chi connectivity index (χ1) is 9.67. The number of hydrogen-bond acceptors (Lipinski definition) is 4. The fourth-order valence-electron chi connectivity index (χ4n) is 1.59. The number of nitrogens with one attached hydrogen (secondary N) is 2. The average Bonchev–Trinajstić information content (AvgIpc) is 2.30. The number of anilines is 1. The molecule has 1 aromatic rings. The van der Waals surface area contributed by atoms with Gasteiger partial charge in [0.05, 0.1) is 6.54 Å². The summed E-state index contributed by atoms with van der Waals surface area (Å²) in [6, 6.07) is 3.85. The summed E-state index contributed by atoms with van der Waals surface area (Å²) in [4.78, 5) is 22.0. The number of esters is 1. The highest BCUT2D eigenvalue weighted by molar-refractivity contribution is 5.82. The number of carbonyl (C=O) groups is 2. The van der Waals surface area contributed by atoms with Crippen molar-refractivity contribution < 1.29 is 23.8 Å². The quantitative estimate of drug-likeness (QED) is 0.726. The molecule has 1 aromatic carbocycles. The zero-order chi connectivity index (χ0) is 16.0. The van der Waals surface area contributed by atoms with E-state index in [2.05, 4.69) is 10.6 Å². The SMILES string of the molecule is CC(C)(C)OC(=O)CNCc1cc(NC(=O)O)ccc1F. The van der Waals surface area contributed by atoms with Gasteiger partial charge in [0.2, 0.25) is 0 Å². The molecule has 0 aromatic heterocycles. The van der Waals surface area contributed by atoms with E-state index in [1.54, 1.807) is 20.8 Å². The first kappa shape index (κ1) is 16.9. The Balaban J connectivity index is 2.55. The highest BCUT2D eigenvalue weighted by atomic mass is 19.1. The lowest BCUT2D eigenvalue weighted by molar-refractivity contribution is -0.153. The van der Waals surface area contributed by atoms with Crippen LogP contribution in [0.5, 0.6) is 0 Å². The van der Waals surface area contributed by atoms with Gasteiger partial charge in [0.15, 0.2) is 0 Å². The van der Waals surface area contributed by atoms with E-state index in [1.807, 2.05) is 0 Å². The van der Waals surface area contributed by atoms with Gasteiger partial charge in [-0.2, -0.15) is 0 Å². The molecule has 0 heterocycles. The van der Waals surface area contributed by atoms with Crippen LogP contribution in [0.2, 0.25) is 0 Å². The second kappa shape index (κ2) is 7.03. The highest BCUT2D eigenvalue weighted by Gasteiger charge is 2.15. The van der Waals surface area contributed by atoms with Gasteiger partial charge in [0.1, 0.15) is 11.4 Å². The van der Waals surface area contributed by atoms with Crippen LogP contribution in [0.15, 0.2) is 18.2 Å². The third-order valence-corrected chi connectivity index (χ3v) is 2.30. The van der Waals surface area contributed by atoms with Crippen molar-refractivity contribution in [1.82, 2.24) is 5.32 Å². The van der Waals surface area contributed by atoms with Crippen molar-refractivity contribution in [3.63, 3.8) is 0 Å². The maximum absolute atomic E-state index is 13.6. The van der Waals surface area contributed by atoms with Gasteiger partial charge < -0.3 is 15.2 Å². The van der Waals surface area contributed by atoms with E-state index in [4.69, 9.17) is 9.84 Å². The van der Waals surface area contributed by atoms with Gasteiger partial charge in [-0.3, -0.25) is 10.1 Å². The van der Waals surface area contributed by atoms with Gasteiger partial charge in [-0.25, -0.2) is 9.18 Å². The van der Waals surface area contributed by atoms with Crippen LogP contribution in [0.1, 0.15) is 26.3 Å². The van der Waals surface area contributed by atoms with Crippen molar-refractivity contribution in [2.45, 2.75) is 32.9 Å². The molecule has 0 unspecified atom stereocenters. The molecule has 21 heavy (non-hydrogen) atoms. The molecule has 0 saturated carbocycles. The second-order valence-electron chi connectivity index (χ2n) is 5.43. The van der Waals surface area contributed by atoms with E-state index < -0.39 is 23.5 Å². The van der Waals surface area contributed by atoms with E-state index in [1.165, 1.54) is 12.1 Å². The van der Waals surface area contributed by atoms with Crippen LogP contribution in [0.25, 0.3) is 0 Å². The summed E-state index contributed by atoms with van der Waals surface area (Å²) in [7, 11) is 0. The Kier molecular flexibility index (Phi) is 5.66. The van der Waals surface area contributed by atoms with Crippen LogP contribution in [-0.4, -0.2) is 29.3 Å². The Hall–Kier alpha value is -2.15. The highest BCUT2D eigenvalue weighted by Crippen LogP contribution is 2.14. The molecule has 0 radical (unpaired) electrons. The fourth-order valence-corrected chi connectivity index (χ4v) is 1.59. The number of amides is 1. The van der Waals surface area contributed by atoms with Gasteiger partial charge in [-0.1, -0.05) is 0 Å². The normalized spacial score (nSPS) is 11.0. The Morgan fingerprint density at radius 3 is 2.57 bits per heavy atom. The molecule has 0 bridgehead atoms. The predicted molar refractivity (Wildman–Crippen MR) is 75.6 cm³/mol. The number of ether oxygens (including phenoxy) is 1. The predicted octanol–water partition coefficient (Wildman–Crippen LogP) is 2.35. The first-order valence-electron chi connectivity index (χ1n) is 6.38. The molecule has 1 amide bonds. The lowest BCUT2D eigenvalue weighted by atomic mass is 10.2. The Bertz CT molecular complexity index is 526. The summed E-state index contributed by atoms with van der Waals surface area (Å²) in [6.45, 7) is 5.29. The molecule has 0 aliphatic rings. The van der Waals surface area contributed by atoms with E-state index in [9.17, 15) is 14.0 Å². The molecule has 0 aliphatic heterocycles. The van der Waals surface area contributed by atoms with E-state index >= 15 is 0 Å². The summed E-state index contributed by atoms with van der Waals surface area (Å²) in [5, 5.41) is 13.5. The second-order valence-corrected chi connectivity index (χ2v) is 5.43. The summed E-state index contributed by atoms with van der Waals surface area (Å²) < 4.78 is 18.7. The molecule has 6 nitrogen and oxygen atoms in total. The van der Waals surface area contributed by atoms with Crippen LogP contribution < -0.4 is 10.6 Å². The number of hydrogen-bond donors (Lipinski definition) is 3. The smallest absolute Gasteiger partial charge is 0.409 e. The molecule has 0 atom stereocenters. The standard InChI is InChI=1S/C14H19FN2O4/c1-14(2,3)21-12(18)8-16-7-9-6-10(17-13(19)20)4-5-11(9)15/h4-6,16-17H,7-8H2,1-3H3,(H,19,20). The third kappa shape index (κ3) is 6.71. The van der Waals surface area contributed by atoms with Gasteiger partial charge in [-0.05, 0) is 39.0 Å². The number of rotatable bonds is 5. The molecule has 0 aliphatic carbocycles. The molecule has 0 saturated heterocycles. The van der Waals surface area contributed by atoms with Crippen molar-refractivity contribution in [1.29, 1.82) is 0 Å². The first-order valence-corrected chi connectivity index (χ1v) is 6.38. The molecule has 7 heteroatoms. The third-order valence-electron chi connectivity index (χ3n) is 2.30. The maximum atomic E-state index is 13.6. The van der Waals surface area contributed by atoms with Crippen molar-refractivity contribution >= 4 is 17.7 Å². The lowest BCUT2D eigenvalue weighted by Gasteiger charge is -2.19. The summed E-state index contributed by atoms with van der Waals surface area (Å²) in [6.07, 6.45) is -1.23. The van der Waals surface area contributed by atoms with Gasteiger partial charge in [-0.15, -0.1) is 0 Å². The van der Waals surface area contributed by atoms with Crippen LogP contribution >= 0.6 is 0 Å². The zero-order valence-electron chi connectivity index (χ0n) is 12.2. The summed E-state index contributed by atoms with van der Waals surface area (Å²) >= 11 is 0. The summed E-state index contributed by atoms with van der Waals surface area (Å²) in [5.74, 6) is -0.926. The Labute approximate surface area is 122 Å². The molecule has 116 valence electrons. The van der Waals surface area contributed by atoms with Crippen LogP contribution in [0.4, 0.5) is 14.9 Å². The minimum Gasteiger partial charge on any atom is -0.465 e. The Morgan fingerprint density at radius 1 is 1.33 bits per heavy atom. The number of carboxylic acid groups (broad SMARTS) is 1. The minimum absolute atomic E-state index is 0.0622. The van der Waals surface area contributed by atoms with Crippen molar-refractivity contribution in [3.8, 4) is 0 Å². The Morgan fingerprint density at radius 2 is 2.00 bits per heavy atom. The summed E-state index contributed by atoms with van der Waals surface area (Å²) in [5.41, 5.74) is -0.0576. The molecule has 1 rings (SSSR count). The van der Waals surface area contributed by atoms with Crippen molar-refractivity contribution in [3.05, 3.63) is 29.6 Å². The molecule has 0 fully saturated rings. The van der Waals surface area contributed by atoms with Gasteiger partial charge >= 0.3 is 12.1 Å². The average molecular weight is 298 g/mol. The largest absolute Gasteiger partial charge is 0.465 e. The number of carbonyl (C=O) groups excluding carboxylic acids is 1. The van der Waals surface area contributed by atoms with Gasteiger partial charge in [0, 0.05) is 17.8 Å². The van der Waals surface area contributed by atoms with Crippen LogP contribution in [0.3, 0.4) is 0 Å². The van der Waals surface area contributed by atoms with E-state index in [0.717, 1.165) is 6.07 Å². The van der Waals surface area contributed by atoms with Crippen LogP contribution in [0, 0.1) is 5.82 Å². The number of halogens is 1. The van der Waals surface area contributed by atoms with Crippen molar-refractivity contribution in [2.24, 2.45) is 0 Å². The van der Waals surface area contributed by atoms with Gasteiger partial charge in [0.25, 0.3) is 0 Å². The monoisotopic (exact) mass is 298 g/mol. The molecule has 3 N–H and O–H groups in total. The number of benzene rings is 1. The lowest BCUT2D eigenvalue weighted by Crippen LogP contribution is -2.31. The zero-order valence-corrected chi connectivity index (χ0v) is 12.2. The topological polar surface area (TPSA) is 87.7 Å². The van der Waals surface area contributed by atoms with E-state index in [0.29, 0.717) is 0 Å².